The zero-order chi connectivity index (χ0) is 15.4. The van der Waals surface area contributed by atoms with Crippen LogP contribution in [0.4, 0.5) is 5.69 Å². The molecule has 0 radical (unpaired) electrons. The Bertz CT molecular complexity index is 636. The van der Waals surface area contributed by atoms with Crippen molar-refractivity contribution in [3.8, 4) is 0 Å². The number of aromatic nitrogens is 2. The molecule has 1 atom stereocenters. The molecule has 112 valence electrons. The molecule has 0 aliphatic heterocycles. The van der Waals surface area contributed by atoms with Crippen LogP contribution in [0.2, 0.25) is 0 Å². The van der Waals surface area contributed by atoms with Gasteiger partial charge in [0.15, 0.2) is 0 Å². The van der Waals surface area contributed by atoms with Crippen LogP contribution in [0.25, 0.3) is 0 Å². The summed E-state index contributed by atoms with van der Waals surface area (Å²) < 4.78 is 1.76. The number of hydrogen-bond acceptors (Lipinski definition) is 3. The van der Waals surface area contributed by atoms with E-state index in [0.29, 0.717) is 0 Å². The second kappa shape index (κ2) is 6.80. The number of carbonyl (C=O) groups is 1. The molecule has 0 saturated heterocycles. The molecule has 2 aromatic rings. The van der Waals surface area contributed by atoms with Crippen LogP contribution in [0.5, 0.6) is 0 Å². The van der Waals surface area contributed by atoms with Gasteiger partial charge in [0, 0.05) is 10.6 Å². The first-order valence-corrected chi connectivity index (χ1v) is 8.07. The van der Waals surface area contributed by atoms with Gasteiger partial charge in [0.05, 0.1) is 11.4 Å². The predicted octanol–water partition coefficient (Wildman–Crippen LogP) is 3.81. The average Bonchev–Trinajstić information content (AvgIpc) is 2.79. The number of nitrogens with zero attached hydrogens (tertiary/aromatic N) is 2. The number of amides is 1. The number of aryl methyl sites for hydroxylation is 2. The minimum Gasteiger partial charge on any atom is -0.323 e. The van der Waals surface area contributed by atoms with Gasteiger partial charge in [-0.15, -0.1) is 11.8 Å². The molecule has 0 aliphatic rings. The molecule has 1 unspecified atom stereocenters. The molecular weight excluding hydrogens is 282 g/mol. The summed E-state index contributed by atoms with van der Waals surface area (Å²) in [6, 6.07) is 9.52. The van der Waals surface area contributed by atoms with Gasteiger partial charge in [0.25, 0.3) is 0 Å². The van der Waals surface area contributed by atoms with E-state index in [1.54, 1.807) is 16.4 Å². The lowest BCUT2D eigenvalue weighted by molar-refractivity contribution is -0.119. The third-order valence-electron chi connectivity index (χ3n) is 3.24. The van der Waals surface area contributed by atoms with Crippen LogP contribution in [0, 0.1) is 13.8 Å². The standard InChI is InChI=1S/C16H21N3OS/c1-5-21-15-9-7-6-8-14(15)17-16(20)13(4)19-12(3)10-11(2)18-19/h6-10,13H,5H2,1-4H3,(H,17,20). The maximum Gasteiger partial charge on any atom is 0.248 e. The van der Waals surface area contributed by atoms with Crippen molar-refractivity contribution in [1.82, 2.24) is 9.78 Å². The van der Waals surface area contributed by atoms with Crippen LogP contribution in [0.3, 0.4) is 0 Å². The van der Waals surface area contributed by atoms with E-state index in [1.807, 2.05) is 51.1 Å². The summed E-state index contributed by atoms with van der Waals surface area (Å²) in [7, 11) is 0. The number of benzene rings is 1. The minimum atomic E-state index is -0.335. The van der Waals surface area contributed by atoms with Crippen molar-refractivity contribution in [2.45, 2.75) is 38.6 Å². The van der Waals surface area contributed by atoms with Crippen molar-refractivity contribution in [1.29, 1.82) is 0 Å². The average molecular weight is 303 g/mol. The molecule has 1 aromatic heterocycles. The second-order valence-corrected chi connectivity index (χ2v) is 6.27. The van der Waals surface area contributed by atoms with Crippen LogP contribution in [0.1, 0.15) is 31.3 Å². The molecule has 4 nitrogen and oxygen atoms in total. The fourth-order valence-electron chi connectivity index (χ4n) is 2.24. The Morgan fingerprint density at radius 1 is 1.38 bits per heavy atom. The topological polar surface area (TPSA) is 46.9 Å². The van der Waals surface area contributed by atoms with E-state index in [1.165, 1.54) is 0 Å². The summed E-state index contributed by atoms with van der Waals surface area (Å²) in [5.74, 6) is 0.922. The van der Waals surface area contributed by atoms with Crippen LogP contribution < -0.4 is 5.32 Å². The molecule has 2 rings (SSSR count). The Morgan fingerprint density at radius 2 is 2.10 bits per heavy atom. The highest BCUT2D eigenvalue weighted by Crippen LogP contribution is 2.27. The zero-order valence-electron chi connectivity index (χ0n) is 12.9. The summed E-state index contributed by atoms with van der Waals surface area (Å²) in [6.45, 7) is 7.86. The van der Waals surface area contributed by atoms with Gasteiger partial charge in [-0.25, -0.2) is 0 Å². The van der Waals surface area contributed by atoms with Crippen LogP contribution in [-0.2, 0) is 4.79 Å². The molecule has 1 amide bonds. The number of rotatable bonds is 5. The zero-order valence-corrected chi connectivity index (χ0v) is 13.7. The summed E-state index contributed by atoms with van der Waals surface area (Å²) in [6.07, 6.45) is 0. The van der Waals surface area contributed by atoms with Gasteiger partial charge in [0.2, 0.25) is 5.91 Å². The first-order valence-electron chi connectivity index (χ1n) is 7.08. The van der Waals surface area contributed by atoms with Crippen LogP contribution >= 0.6 is 11.8 Å². The molecule has 21 heavy (non-hydrogen) atoms. The van der Waals surface area contributed by atoms with E-state index in [2.05, 4.69) is 17.3 Å². The van der Waals surface area contributed by atoms with E-state index < -0.39 is 0 Å². The van der Waals surface area contributed by atoms with E-state index in [9.17, 15) is 4.79 Å². The van der Waals surface area contributed by atoms with Crippen molar-refractivity contribution in [2.24, 2.45) is 0 Å². The molecule has 1 N–H and O–H groups in total. The van der Waals surface area contributed by atoms with Crippen LogP contribution in [0.15, 0.2) is 35.2 Å². The maximum absolute atomic E-state index is 12.4. The van der Waals surface area contributed by atoms with Crippen molar-refractivity contribution in [2.75, 3.05) is 11.1 Å². The number of para-hydroxylation sites is 1. The van der Waals surface area contributed by atoms with Gasteiger partial charge in [-0.05, 0) is 44.7 Å². The predicted molar refractivity (Wildman–Crippen MR) is 87.9 cm³/mol. The SMILES string of the molecule is CCSc1ccccc1NC(=O)C(C)n1nc(C)cc1C. The molecule has 0 bridgehead atoms. The summed E-state index contributed by atoms with van der Waals surface area (Å²) >= 11 is 1.72. The lowest BCUT2D eigenvalue weighted by Gasteiger charge is -2.16. The smallest absolute Gasteiger partial charge is 0.248 e. The Labute approximate surface area is 129 Å². The van der Waals surface area contributed by atoms with Crippen molar-refractivity contribution >= 4 is 23.4 Å². The number of carbonyl (C=O) groups excluding carboxylic acids is 1. The van der Waals surface area contributed by atoms with E-state index >= 15 is 0 Å². The molecule has 0 spiro atoms. The number of nitrogens with one attached hydrogen (secondary N) is 1. The first-order chi connectivity index (χ1) is 10.0. The molecule has 0 fully saturated rings. The largest absolute Gasteiger partial charge is 0.323 e. The fraction of sp³-hybridized carbons (Fsp3) is 0.375. The van der Waals surface area contributed by atoms with Crippen molar-refractivity contribution < 1.29 is 4.79 Å². The van der Waals surface area contributed by atoms with Gasteiger partial charge in [-0.3, -0.25) is 9.48 Å². The normalized spacial score (nSPS) is 12.2. The van der Waals surface area contributed by atoms with Gasteiger partial charge >= 0.3 is 0 Å². The fourth-order valence-corrected chi connectivity index (χ4v) is 3.00. The van der Waals surface area contributed by atoms with Gasteiger partial charge < -0.3 is 5.32 Å². The minimum absolute atomic E-state index is 0.0506. The lowest BCUT2D eigenvalue weighted by atomic mass is 10.2. The Hall–Kier alpha value is -1.75. The Balaban J connectivity index is 2.16. The van der Waals surface area contributed by atoms with Gasteiger partial charge in [0.1, 0.15) is 6.04 Å². The molecule has 0 saturated carbocycles. The second-order valence-electron chi connectivity index (χ2n) is 4.97. The number of hydrogen-bond donors (Lipinski definition) is 1. The highest BCUT2D eigenvalue weighted by molar-refractivity contribution is 7.99. The number of anilines is 1. The Morgan fingerprint density at radius 3 is 2.71 bits per heavy atom. The summed E-state index contributed by atoms with van der Waals surface area (Å²) in [5.41, 5.74) is 2.78. The van der Waals surface area contributed by atoms with Crippen molar-refractivity contribution in [3.63, 3.8) is 0 Å². The van der Waals surface area contributed by atoms with Gasteiger partial charge in [-0.1, -0.05) is 19.1 Å². The van der Waals surface area contributed by atoms with E-state index in [0.717, 1.165) is 27.7 Å². The van der Waals surface area contributed by atoms with Crippen LogP contribution in [-0.4, -0.2) is 21.4 Å². The first kappa shape index (κ1) is 15.6. The summed E-state index contributed by atoms with van der Waals surface area (Å²) in [4.78, 5) is 13.5. The van der Waals surface area contributed by atoms with Gasteiger partial charge in [-0.2, -0.15) is 5.10 Å². The quantitative estimate of drug-likeness (QED) is 0.854. The molecule has 1 aromatic carbocycles. The Kier molecular flexibility index (Phi) is 5.07. The highest BCUT2D eigenvalue weighted by Gasteiger charge is 2.18. The third-order valence-corrected chi connectivity index (χ3v) is 4.19. The molecule has 0 aliphatic carbocycles. The van der Waals surface area contributed by atoms with Crippen molar-refractivity contribution in [3.05, 3.63) is 41.7 Å². The maximum atomic E-state index is 12.4. The third kappa shape index (κ3) is 3.67. The van der Waals surface area contributed by atoms with E-state index in [-0.39, 0.29) is 11.9 Å². The van der Waals surface area contributed by atoms with E-state index in [4.69, 9.17) is 0 Å². The molecule has 5 heteroatoms. The number of thioether (sulfide) groups is 1. The summed E-state index contributed by atoms with van der Waals surface area (Å²) in [5, 5.41) is 7.39. The monoisotopic (exact) mass is 303 g/mol. The molecular formula is C16H21N3OS. The lowest BCUT2D eigenvalue weighted by Crippen LogP contribution is -2.25. The highest BCUT2D eigenvalue weighted by atomic mass is 32.2. The molecule has 1 heterocycles.